The maximum atomic E-state index is 4.19. The van der Waals surface area contributed by atoms with Gasteiger partial charge in [0.15, 0.2) is 0 Å². The number of nitrogens with zero attached hydrogens (tertiary/aromatic N) is 1. The highest BCUT2D eigenvalue weighted by molar-refractivity contribution is 5.15. The summed E-state index contributed by atoms with van der Waals surface area (Å²) in [5, 5.41) is 0. The maximum Gasteiger partial charge on any atom is 0.0160 e. The third kappa shape index (κ3) is 5.86. The highest BCUT2D eigenvalue weighted by Crippen LogP contribution is 2.35. The highest BCUT2D eigenvalue weighted by Gasteiger charge is 2.22. The predicted molar refractivity (Wildman–Crippen MR) is 81.7 cm³/mol. The van der Waals surface area contributed by atoms with Gasteiger partial charge in [-0.3, -0.25) is 0 Å². The van der Waals surface area contributed by atoms with Crippen LogP contribution in [-0.2, 0) is 0 Å². The van der Waals surface area contributed by atoms with Crippen molar-refractivity contribution in [3.63, 3.8) is 0 Å². The van der Waals surface area contributed by atoms with Crippen molar-refractivity contribution >= 4 is 0 Å². The van der Waals surface area contributed by atoms with Crippen molar-refractivity contribution < 1.29 is 0 Å². The van der Waals surface area contributed by atoms with E-state index >= 15 is 0 Å². The van der Waals surface area contributed by atoms with Gasteiger partial charge >= 0.3 is 0 Å². The molecule has 0 radical (unpaired) electrons. The lowest BCUT2D eigenvalue weighted by Crippen LogP contribution is -2.18. The number of hydrogen-bond acceptors (Lipinski definition) is 1. The quantitative estimate of drug-likeness (QED) is 0.626. The van der Waals surface area contributed by atoms with Gasteiger partial charge in [0, 0.05) is 6.54 Å². The van der Waals surface area contributed by atoms with Crippen LogP contribution in [0.1, 0.15) is 46.0 Å². The summed E-state index contributed by atoms with van der Waals surface area (Å²) in [7, 11) is 4.20. The standard InChI is InChI=1S/C17H31N/c1-14(2)17-10-8-16(9-11-17)13-15(3)7-6-12-18(4)5/h6-7,14,16-17H,3,8-13H2,1-2,4-5H3/b7-6+. The summed E-state index contributed by atoms with van der Waals surface area (Å²) < 4.78 is 0. The van der Waals surface area contributed by atoms with Gasteiger partial charge in [0.2, 0.25) is 0 Å². The van der Waals surface area contributed by atoms with E-state index in [0.717, 1.165) is 24.3 Å². The molecule has 0 aliphatic heterocycles. The molecule has 0 bridgehead atoms. The van der Waals surface area contributed by atoms with Crippen molar-refractivity contribution in [1.29, 1.82) is 0 Å². The number of hydrogen-bond donors (Lipinski definition) is 0. The van der Waals surface area contributed by atoms with Gasteiger partial charge in [-0.2, -0.15) is 0 Å². The summed E-state index contributed by atoms with van der Waals surface area (Å²) in [6, 6.07) is 0. The van der Waals surface area contributed by atoms with E-state index in [-0.39, 0.29) is 0 Å². The SMILES string of the molecule is C=C(/C=C/CN(C)C)CC1CCC(C(C)C)CC1. The van der Waals surface area contributed by atoms with Gasteiger partial charge in [-0.15, -0.1) is 0 Å². The molecule has 1 aliphatic carbocycles. The van der Waals surface area contributed by atoms with E-state index in [1.807, 2.05) is 0 Å². The first-order valence-electron chi connectivity index (χ1n) is 7.48. The van der Waals surface area contributed by atoms with Crippen LogP contribution in [0, 0.1) is 17.8 Å². The predicted octanol–water partition coefficient (Wildman–Crippen LogP) is 4.51. The van der Waals surface area contributed by atoms with Crippen LogP contribution in [0.4, 0.5) is 0 Å². The van der Waals surface area contributed by atoms with Crippen LogP contribution in [-0.4, -0.2) is 25.5 Å². The van der Waals surface area contributed by atoms with E-state index in [1.165, 1.54) is 37.7 Å². The lowest BCUT2D eigenvalue weighted by Gasteiger charge is -2.31. The second kappa shape index (κ2) is 7.78. The molecule has 18 heavy (non-hydrogen) atoms. The first-order chi connectivity index (χ1) is 8.49. The molecule has 104 valence electrons. The number of rotatable bonds is 6. The normalized spacial score (nSPS) is 25.2. The molecule has 1 rings (SSSR count). The fraction of sp³-hybridized carbons (Fsp3) is 0.765. The van der Waals surface area contributed by atoms with Crippen molar-refractivity contribution in [2.75, 3.05) is 20.6 Å². The Labute approximate surface area is 114 Å². The van der Waals surface area contributed by atoms with Crippen LogP contribution in [0.5, 0.6) is 0 Å². The molecule has 0 saturated heterocycles. The maximum absolute atomic E-state index is 4.19. The van der Waals surface area contributed by atoms with Crippen molar-refractivity contribution in [3.05, 3.63) is 24.3 Å². The van der Waals surface area contributed by atoms with Crippen LogP contribution >= 0.6 is 0 Å². The molecule has 0 spiro atoms. The minimum absolute atomic E-state index is 0.870. The number of allylic oxidation sites excluding steroid dienone is 2. The molecule has 0 N–H and O–H groups in total. The summed E-state index contributed by atoms with van der Waals surface area (Å²) in [6.45, 7) is 9.95. The lowest BCUT2D eigenvalue weighted by molar-refractivity contribution is 0.224. The molecule has 1 aliphatic rings. The van der Waals surface area contributed by atoms with E-state index in [4.69, 9.17) is 0 Å². The topological polar surface area (TPSA) is 3.24 Å². The summed E-state index contributed by atoms with van der Waals surface area (Å²) in [5.74, 6) is 2.73. The van der Waals surface area contributed by atoms with Gasteiger partial charge in [0.25, 0.3) is 0 Å². The van der Waals surface area contributed by atoms with E-state index in [1.54, 1.807) is 0 Å². The van der Waals surface area contributed by atoms with Crippen LogP contribution in [0.2, 0.25) is 0 Å². The van der Waals surface area contributed by atoms with E-state index in [0.29, 0.717) is 0 Å². The smallest absolute Gasteiger partial charge is 0.0160 e. The second-order valence-electron chi connectivity index (χ2n) is 6.55. The highest BCUT2D eigenvalue weighted by atomic mass is 15.0. The summed E-state index contributed by atoms with van der Waals surface area (Å²) >= 11 is 0. The second-order valence-corrected chi connectivity index (χ2v) is 6.55. The summed E-state index contributed by atoms with van der Waals surface area (Å²) in [5.41, 5.74) is 1.31. The summed E-state index contributed by atoms with van der Waals surface area (Å²) in [6.07, 6.45) is 11.3. The Morgan fingerprint density at radius 2 is 1.83 bits per heavy atom. The molecule has 0 aromatic heterocycles. The molecule has 0 aromatic carbocycles. The van der Waals surface area contributed by atoms with Crippen LogP contribution < -0.4 is 0 Å². The first-order valence-corrected chi connectivity index (χ1v) is 7.48. The third-order valence-electron chi connectivity index (χ3n) is 4.21. The summed E-state index contributed by atoms with van der Waals surface area (Å²) in [4.78, 5) is 2.18. The zero-order valence-corrected chi connectivity index (χ0v) is 12.8. The Morgan fingerprint density at radius 3 is 2.33 bits per heavy atom. The fourth-order valence-electron chi connectivity index (χ4n) is 2.93. The molecule has 1 fully saturated rings. The minimum atomic E-state index is 0.870. The van der Waals surface area contributed by atoms with Crippen molar-refractivity contribution in [3.8, 4) is 0 Å². The minimum Gasteiger partial charge on any atom is -0.306 e. The zero-order valence-electron chi connectivity index (χ0n) is 12.8. The van der Waals surface area contributed by atoms with Gasteiger partial charge < -0.3 is 4.90 Å². The molecule has 0 atom stereocenters. The third-order valence-corrected chi connectivity index (χ3v) is 4.21. The Hall–Kier alpha value is -0.560. The Morgan fingerprint density at radius 1 is 1.22 bits per heavy atom. The molecule has 1 saturated carbocycles. The Balaban J connectivity index is 2.24. The molecule has 0 unspecified atom stereocenters. The number of likely N-dealkylation sites (N-methyl/N-ethyl adjacent to an activating group) is 1. The molecule has 1 nitrogen and oxygen atoms in total. The van der Waals surface area contributed by atoms with Crippen LogP contribution in [0.25, 0.3) is 0 Å². The first kappa shape index (κ1) is 15.5. The van der Waals surface area contributed by atoms with E-state index in [2.05, 4.69) is 51.6 Å². The Kier molecular flexibility index (Phi) is 6.70. The van der Waals surface area contributed by atoms with E-state index < -0.39 is 0 Å². The Bertz CT molecular complexity index is 267. The molecule has 0 aromatic rings. The van der Waals surface area contributed by atoms with Crippen LogP contribution in [0.3, 0.4) is 0 Å². The molecular weight excluding hydrogens is 218 g/mol. The monoisotopic (exact) mass is 249 g/mol. The molecule has 0 amide bonds. The van der Waals surface area contributed by atoms with Gasteiger partial charge in [-0.05, 0) is 64.0 Å². The van der Waals surface area contributed by atoms with Crippen molar-refractivity contribution in [2.45, 2.75) is 46.0 Å². The lowest BCUT2D eigenvalue weighted by atomic mass is 9.75. The molecule has 1 heteroatoms. The zero-order chi connectivity index (χ0) is 13.5. The molecule has 0 heterocycles. The van der Waals surface area contributed by atoms with Gasteiger partial charge in [0.05, 0.1) is 0 Å². The molecular formula is C17H31N. The van der Waals surface area contributed by atoms with Crippen molar-refractivity contribution in [1.82, 2.24) is 4.90 Å². The van der Waals surface area contributed by atoms with Gasteiger partial charge in [0.1, 0.15) is 0 Å². The van der Waals surface area contributed by atoms with E-state index in [9.17, 15) is 0 Å². The van der Waals surface area contributed by atoms with Gasteiger partial charge in [-0.1, -0.05) is 38.2 Å². The van der Waals surface area contributed by atoms with Crippen molar-refractivity contribution in [2.24, 2.45) is 17.8 Å². The van der Waals surface area contributed by atoms with Gasteiger partial charge in [-0.25, -0.2) is 0 Å². The average Bonchev–Trinajstić information content (AvgIpc) is 2.29. The average molecular weight is 249 g/mol. The fourth-order valence-corrected chi connectivity index (χ4v) is 2.93. The van der Waals surface area contributed by atoms with Crippen LogP contribution in [0.15, 0.2) is 24.3 Å². The largest absolute Gasteiger partial charge is 0.306 e.